The number of allylic oxidation sites excluding steroid dienone is 1. The predicted octanol–water partition coefficient (Wildman–Crippen LogP) is 3.36. The van der Waals surface area contributed by atoms with Crippen molar-refractivity contribution in [3.05, 3.63) is 36.2 Å². The van der Waals surface area contributed by atoms with E-state index in [9.17, 15) is 0 Å². The van der Waals surface area contributed by atoms with Crippen LogP contribution >= 0.6 is 21.6 Å². The van der Waals surface area contributed by atoms with E-state index in [2.05, 4.69) is 43.6 Å². The lowest BCUT2D eigenvalue weighted by atomic mass is 10.2. The van der Waals surface area contributed by atoms with Crippen LogP contribution in [0.2, 0.25) is 0 Å². The van der Waals surface area contributed by atoms with Gasteiger partial charge in [0.05, 0.1) is 24.6 Å². The lowest BCUT2D eigenvalue weighted by Crippen LogP contribution is -2.35. The van der Waals surface area contributed by atoms with E-state index in [0.29, 0.717) is 23.7 Å². The molecule has 1 aromatic heterocycles. The van der Waals surface area contributed by atoms with Crippen LogP contribution in [-0.4, -0.2) is 57.8 Å². The highest BCUT2D eigenvalue weighted by atomic mass is 33.1. The number of nitrogens with zero attached hydrogens (tertiary/aromatic N) is 2. The Kier molecular flexibility index (Phi) is 13.1. The molecule has 0 amide bonds. The standard InChI is InChI=1S/C15H26N2O3S2.C3H6/c1-15(2,22-21-4)11-17(3)5-6-20-14-7-12(9-18)16-13(8-14)10-19;1-3-2/h7-8,18-19H,5-6,9-11H2,1-4H3;3H,1H2,2H3. The van der Waals surface area contributed by atoms with E-state index in [4.69, 9.17) is 14.9 Å². The Hall–Kier alpha value is -0.730. The molecule has 0 aliphatic carbocycles. The Morgan fingerprint density at radius 1 is 1.28 bits per heavy atom. The third-order valence-electron chi connectivity index (χ3n) is 2.93. The minimum atomic E-state index is -0.163. The van der Waals surface area contributed by atoms with Gasteiger partial charge in [0.1, 0.15) is 12.4 Å². The maximum Gasteiger partial charge on any atom is 0.123 e. The predicted molar refractivity (Wildman–Crippen MR) is 110 cm³/mol. The summed E-state index contributed by atoms with van der Waals surface area (Å²) in [5, 5.41) is 18.3. The van der Waals surface area contributed by atoms with Gasteiger partial charge in [0.2, 0.25) is 0 Å². The van der Waals surface area contributed by atoms with Crippen LogP contribution in [-0.2, 0) is 13.2 Å². The number of rotatable bonds is 10. The van der Waals surface area contributed by atoms with Gasteiger partial charge in [-0.2, -0.15) is 0 Å². The molecule has 7 heteroatoms. The first-order valence-electron chi connectivity index (χ1n) is 8.13. The van der Waals surface area contributed by atoms with Crippen LogP contribution in [0.5, 0.6) is 5.75 Å². The molecule has 0 aromatic carbocycles. The second kappa shape index (κ2) is 13.5. The molecule has 1 heterocycles. The van der Waals surface area contributed by atoms with Crippen LogP contribution in [0.4, 0.5) is 0 Å². The molecule has 144 valence electrons. The first-order chi connectivity index (χ1) is 11.8. The van der Waals surface area contributed by atoms with Crippen molar-refractivity contribution in [1.29, 1.82) is 0 Å². The smallest absolute Gasteiger partial charge is 0.123 e. The van der Waals surface area contributed by atoms with E-state index in [1.54, 1.807) is 29.0 Å². The van der Waals surface area contributed by atoms with Gasteiger partial charge in [0, 0.05) is 30.0 Å². The molecule has 1 rings (SSSR count). The summed E-state index contributed by atoms with van der Waals surface area (Å²) >= 11 is 0. The Morgan fingerprint density at radius 2 is 1.80 bits per heavy atom. The number of hydrogen-bond acceptors (Lipinski definition) is 7. The molecule has 0 atom stereocenters. The molecule has 2 N–H and O–H groups in total. The summed E-state index contributed by atoms with van der Waals surface area (Å²) < 4.78 is 5.91. The monoisotopic (exact) mass is 388 g/mol. The third-order valence-corrected chi connectivity index (χ3v) is 5.53. The van der Waals surface area contributed by atoms with Crippen LogP contribution in [0.25, 0.3) is 0 Å². The lowest BCUT2D eigenvalue weighted by molar-refractivity contribution is 0.226. The van der Waals surface area contributed by atoms with Gasteiger partial charge in [-0.3, -0.25) is 4.98 Å². The molecular weight excluding hydrogens is 356 g/mol. The fourth-order valence-corrected chi connectivity index (χ4v) is 4.40. The summed E-state index contributed by atoms with van der Waals surface area (Å²) in [6, 6.07) is 3.40. The third kappa shape index (κ3) is 11.5. The maximum atomic E-state index is 9.16. The molecule has 0 radical (unpaired) electrons. The molecule has 0 unspecified atom stereocenters. The van der Waals surface area contributed by atoms with E-state index < -0.39 is 0 Å². The second-order valence-corrected chi connectivity index (χ2v) is 9.21. The quantitative estimate of drug-likeness (QED) is 0.470. The second-order valence-electron chi connectivity index (χ2n) is 6.11. The zero-order valence-electron chi connectivity index (χ0n) is 16.0. The molecule has 0 aliphatic rings. The summed E-state index contributed by atoms with van der Waals surface area (Å²) in [5.74, 6) is 0.634. The number of aliphatic hydroxyl groups is 2. The van der Waals surface area contributed by atoms with Crippen molar-refractivity contribution >= 4 is 21.6 Å². The number of aromatic nitrogens is 1. The van der Waals surface area contributed by atoms with Gasteiger partial charge >= 0.3 is 0 Å². The molecule has 1 aromatic rings. The summed E-state index contributed by atoms with van der Waals surface area (Å²) in [7, 11) is 5.74. The van der Waals surface area contributed by atoms with Crippen molar-refractivity contribution in [2.24, 2.45) is 0 Å². The van der Waals surface area contributed by atoms with Crippen LogP contribution in [0, 0.1) is 0 Å². The highest BCUT2D eigenvalue weighted by Crippen LogP contribution is 2.33. The highest BCUT2D eigenvalue weighted by Gasteiger charge is 2.20. The first-order valence-corrected chi connectivity index (χ1v) is 10.7. The van der Waals surface area contributed by atoms with E-state index in [0.717, 1.165) is 13.1 Å². The topological polar surface area (TPSA) is 65.8 Å². The van der Waals surface area contributed by atoms with Crippen LogP contribution in [0.1, 0.15) is 32.2 Å². The molecular formula is C18H32N2O3S2. The van der Waals surface area contributed by atoms with E-state index in [1.807, 2.05) is 17.7 Å². The zero-order valence-corrected chi connectivity index (χ0v) is 17.6. The van der Waals surface area contributed by atoms with Crippen LogP contribution < -0.4 is 4.74 Å². The van der Waals surface area contributed by atoms with Crippen molar-refractivity contribution in [3.63, 3.8) is 0 Å². The first kappa shape index (κ1) is 24.3. The van der Waals surface area contributed by atoms with Crippen LogP contribution in [0.15, 0.2) is 24.8 Å². The Morgan fingerprint density at radius 3 is 2.24 bits per heavy atom. The van der Waals surface area contributed by atoms with Gasteiger partial charge in [0.15, 0.2) is 0 Å². The number of aliphatic hydroxyl groups excluding tert-OH is 2. The molecule has 25 heavy (non-hydrogen) atoms. The molecule has 0 fully saturated rings. The Labute approximate surface area is 160 Å². The van der Waals surface area contributed by atoms with Gasteiger partial charge in [0.25, 0.3) is 0 Å². The van der Waals surface area contributed by atoms with Crippen molar-refractivity contribution in [1.82, 2.24) is 9.88 Å². The van der Waals surface area contributed by atoms with Crippen molar-refractivity contribution < 1.29 is 14.9 Å². The molecule has 0 aliphatic heterocycles. The summed E-state index contributed by atoms with van der Waals surface area (Å²) in [5.41, 5.74) is 1.01. The maximum absolute atomic E-state index is 9.16. The van der Waals surface area contributed by atoms with E-state index in [-0.39, 0.29) is 18.0 Å². The molecule has 0 saturated carbocycles. The fraction of sp³-hybridized carbons (Fsp3) is 0.611. The Bertz CT molecular complexity index is 477. The highest BCUT2D eigenvalue weighted by molar-refractivity contribution is 8.76. The van der Waals surface area contributed by atoms with E-state index >= 15 is 0 Å². The molecule has 0 bridgehead atoms. The summed E-state index contributed by atoms with van der Waals surface area (Å²) in [6.07, 6.45) is 3.84. The van der Waals surface area contributed by atoms with Gasteiger partial charge < -0.3 is 19.8 Å². The van der Waals surface area contributed by atoms with Crippen LogP contribution in [0.3, 0.4) is 0 Å². The zero-order chi connectivity index (χ0) is 19.3. The van der Waals surface area contributed by atoms with Crippen molar-refractivity contribution in [3.8, 4) is 5.75 Å². The molecule has 0 spiro atoms. The van der Waals surface area contributed by atoms with Crippen molar-refractivity contribution in [2.45, 2.75) is 38.7 Å². The van der Waals surface area contributed by atoms with Gasteiger partial charge in [-0.05, 0) is 34.1 Å². The van der Waals surface area contributed by atoms with Gasteiger partial charge in [-0.25, -0.2) is 0 Å². The number of pyridine rings is 1. The lowest BCUT2D eigenvalue weighted by Gasteiger charge is -2.28. The number of likely N-dealkylation sites (N-methyl/N-ethyl adjacent to an activating group) is 1. The summed E-state index contributed by atoms with van der Waals surface area (Å²) in [4.78, 5) is 6.33. The number of hydrogen-bond donors (Lipinski definition) is 2. The normalized spacial score (nSPS) is 11.0. The minimum absolute atomic E-state index is 0.163. The SMILES string of the molecule is C=CC.CSSC(C)(C)CN(C)CCOc1cc(CO)nc(CO)c1. The van der Waals surface area contributed by atoms with Gasteiger partial charge in [-0.15, -0.1) is 6.58 Å². The van der Waals surface area contributed by atoms with Crippen molar-refractivity contribution in [2.75, 3.05) is 33.0 Å². The molecule has 5 nitrogen and oxygen atoms in total. The van der Waals surface area contributed by atoms with Gasteiger partial charge in [-0.1, -0.05) is 27.7 Å². The summed E-state index contributed by atoms with van der Waals surface area (Å²) in [6.45, 7) is 11.7. The van der Waals surface area contributed by atoms with E-state index in [1.165, 1.54) is 0 Å². The fourth-order valence-electron chi connectivity index (χ4n) is 2.16. The largest absolute Gasteiger partial charge is 0.492 e. The number of ether oxygens (including phenoxy) is 1. The molecule has 0 saturated heterocycles. The Balaban J connectivity index is 0.00000178. The minimum Gasteiger partial charge on any atom is -0.492 e. The average Bonchev–Trinajstić information content (AvgIpc) is 2.54. The average molecular weight is 389 g/mol.